The molecule has 0 saturated heterocycles. The molecule has 1 aromatic carbocycles. The molecule has 0 aliphatic carbocycles. The van der Waals surface area contributed by atoms with Crippen molar-refractivity contribution in [3.63, 3.8) is 0 Å². The lowest BCUT2D eigenvalue weighted by Crippen LogP contribution is -1.94. The zero-order valence-electron chi connectivity index (χ0n) is 5.17. The largest absolute Gasteiger partial charge is 0.395 e. The second-order valence-corrected chi connectivity index (χ2v) is 2.67. The monoisotopic (exact) mass is 197 g/mol. The van der Waals surface area contributed by atoms with Crippen molar-refractivity contribution in [2.24, 2.45) is 0 Å². The van der Waals surface area contributed by atoms with E-state index in [1.807, 2.05) is 0 Å². The highest BCUT2D eigenvalue weighted by Gasteiger charge is 2.12. The van der Waals surface area contributed by atoms with Crippen LogP contribution in [-0.2, 0) is 0 Å². The number of halogens is 4. The molecule has 5 heteroatoms. The standard InChI is InChI=1S/C6H3Cl2F2N/c7-2-1-3(9)6(11)4(8)5(2)10/h1H,11H2. The van der Waals surface area contributed by atoms with Gasteiger partial charge in [0.1, 0.15) is 10.8 Å². The van der Waals surface area contributed by atoms with E-state index in [4.69, 9.17) is 28.9 Å². The number of rotatable bonds is 0. The molecule has 0 fully saturated rings. The molecule has 1 nitrogen and oxygen atoms in total. The minimum atomic E-state index is -0.896. The van der Waals surface area contributed by atoms with Crippen molar-refractivity contribution < 1.29 is 8.78 Å². The highest BCUT2D eigenvalue weighted by atomic mass is 35.5. The van der Waals surface area contributed by atoms with Crippen molar-refractivity contribution in [2.45, 2.75) is 0 Å². The Bertz CT molecular complexity index is 275. The summed E-state index contributed by atoms with van der Waals surface area (Å²) in [6.45, 7) is 0. The van der Waals surface area contributed by atoms with Crippen LogP contribution in [0.2, 0.25) is 10.0 Å². The van der Waals surface area contributed by atoms with Gasteiger partial charge >= 0.3 is 0 Å². The lowest BCUT2D eigenvalue weighted by molar-refractivity contribution is 0.605. The number of anilines is 1. The van der Waals surface area contributed by atoms with Crippen molar-refractivity contribution in [2.75, 3.05) is 5.73 Å². The van der Waals surface area contributed by atoms with Gasteiger partial charge in [-0.25, -0.2) is 8.78 Å². The fraction of sp³-hybridized carbons (Fsp3) is 0. The first-order valence-corrected chi connectivity index (χ1v) is 3.38. The SMILES string of the molecule is Nc1c(F)cc(Cl)c(F)c1Cl. The molecule has 0 radical (unpaired) electrons. The number of hydrogen-bond acceptors (Lipinski definition) is 1. The Morgan fingerprint density at radius 2 is 1.82 bits per heavy atom. The number of nitrogens with two attached hydrogens (primary N) is 1. The summed E-state index contributed by atoms with van der Waals surface area (Å²) in [6, 6.07) is 0.776. The maximum Gasteiger partial charge on any atom is 0.162 e. The summed E-state index contributed by atoms with van der Waals surface area (Å²) in [5.41, 5.74) is 4.62. The van der Waals surface area contributed by atoms with E-state index < -0.39 is 22.3 Å². The third-order valence-corrected chi connectivity index (χ3v) is 1.79. The number of hydrogen-bond donors (Lipinski definition) is 1. The maximum absolute atomic E-state index is 12.7. The summed E-state index contributed by atoms with van der Waals surface area (Å²) in [6.07, 6.45) is 0. The number of nitrogen functional groups attached to an aromatic ring is 1. The highest BCUT2D eigenvalue weighted by Crippen LogP contribution is 2.30. The summed E-state index contributed by atoms with van der Waals surface area (Å²) in [7, 11) is 0. The van der Waals surface area contributed by atoms with Gasteiger partial charge in [-0.2, -0.15) is 0 Å². The van der Waals surface area contributed by atoms with Gasteiger partial charge in [-0.3, -0.25) is 0 Å². The van der Waals surface area contributed by atoms with E-state index in [2.05, 4.69) is 0 Å². The summed E-state index contributed by atoms with van der Waals surface area (Å²) in [5.74, 6) is -1.71. The quantitative estimate of drug-likeness (QED) is 0.387. The van der Waals surface area contributed by atoms with E-state index in [1.54, 1.807) is 0 Å². The second-order valence-electron chi connectivity index (χ2n) is 1.88. The topological polar surface area (TPSA) is 26.0 Å². The third-order valence-electron chi connectivity index (χ3n) is 1.15. The Morgan fingerprint density at radius 3 is 2.36 bits per heavy atom. The highest BCUT2D eigenvalue weighted by molar-refractivity contribution is 6.36. The van der Waals surface area contributed by atoms with Gasteiger partial charge in [0.25, 0.3) is 0 Å². The van der Waals surface area contributed by atoms with Gasteiger partial charge in [0.15, 0.2) is 5.82 Å². The molecule has 1 rings (SSSR count). The summed E-state index contributed by atoms with van der Waals surface area (Å²) in [4.78, 5) is 0. The first-order chi connectivity index (χ1) is 5.04. The Labute approximate surface area is 71.7 Å². The molecular formula is C6H3Cl2F2N. The van der Waals surface area contributed by atoms with Crippen LogP contribution in [0.1, 0.15) is 0 Å². The zero-order chi connectivity index (χ0) is 8.59. The van der Waals surface area contributed by atoms with Crippen LogP contribution in [-0.4, -0.2) is 0 Å². The Hall–Kier alpha value is -0.540. The molecule has 0 bridgehead atoms. The van der Waals surface area contributed by atoms with Crippen LogP contribution in [0.3, 0.4) is 0 Å². The molecule has 11 heavy (non-hydrogen) atoms. The smallest absolute Gasteiger partial charge is 0.162 e. The van der Waals surface area contributed by atoms with Gasteiger partial charge in [0.05, 0.1) is 10.7 Å². The molecule has 0 spiro atoms. The first-order valence-electron chi connectivity index (χ1n) is 2.62. The van der Waals surface area contributed by atoms with Gasteiger partial charge in [-0.15, -0.1) is 0 Å². The summed E-state index contributed by atoms with van der Waals surface area (Å²) in [5, 5.41) is -0.850. The van der Waals surface area contributed by atoms with E-state index in [0.717, 1.165) is 6.07 Å². The van der Waals surface area contributed by atoms with Crippen molar-refractivity contribution >= 4 is 28.9 Å². The maximum atomic E-state index is 12.7. The van der Waals surface area contributed by atoms with E-state index >= 15 is 0 Å². The van der Waals surface area contributed by atoms with Gasteiger partial charge in [-0.1, -0.05) is 23.2 Å². The predicted octanol–water partition coefficient (Wildman–Crippen LogP) is 2.85. The Balaban J connectivity index is 3.46. The van der Waals surface area contributed by atoms with Crippen molar-refractivity contribution in [1.82, 2.24) is 0 Å². The lowest BCUT2D eigenvalue weighted by atomic mass is 10.3. The van der Waals surface area contributed by atoms with Gasteiger partial charge in [-0.05, 0) is 6.07 Å². The molecule has 0 aromatic heterocycles. The van der Waals surface area contributed by atoms with Crippen LogP contribution in [0, 0.1) is 11.6 Å². The first kappa shape index (κ1) is 8.56. The van der Waals surface area contributed by atoms with Crippen LogP contribution in [0.15, 0.2) is 6.07 Å². The van der Waals surface area contributed by atoms with Gasteiger partial charge in [0.2, 0.25) is 0 Å². The van der Waals surface area contributed by atoms with Crippen molar-refractivity contribution in [3.05, 3.63) is 27.7 Å². The fourth-order valence-electron chi connectivity index (χ4n) is 0.580. The molecule has 0 amide bonds. The molecule has 2 N–H and O–H groups in total. The fourth-order valence-corrected chi connectivity index (χ4v) is 1.01. The van der Waals surface area contributed by atoms with Crippen LogP contribution < -0.4 is 5.73 Å². The molecular weight excluding hydrogens is 195 g/mol. The van der Waals surface area contributed by atoms with E-state index in [-0.39, 0.29) is 5.02 Å². The average Bonchev–Trinajstić information content (AvgIpc) is 1.97. The number of benzene rings is 1. The van der Waals surface area contributed by atoms with E-state index in [1.165, 1.54) is 0 Å². The van der Waals surface area contributed by atoms with E-state index in [0.29, 0.717) is 0 Å². The van der Waals surface area contributed by atoms with Crippen LogP contribution in [0.4, 0.5) is 14.5 Å². The minimum absolute atomic E-state index is 0.373. The summed E-state index contributed by atoms with van der Waals surface area (Å²) >= 11 is 10.5. The van der Waals surface area contributed by atoms with Crippen molar-refractivity contribution in [1.29, 1.82) is 0 Å². The normalized spacial score (nSPS) is 10.2. The second kappa shape index (κ2) is 2.83. The zero-order valence-corrected chi connectivity index (χ0v) is 6.68. The minimum Gasteiger partial charge on any atom is -0.395 e. The lowest BCUT2D eigenvalue weighted by Gasteiger charge is -2.01. The van der Waals surface area contributed by atoms with Crippen LogP contribution >= 0.6 is 23.2 Å². The Kier molecular flexibility index (Phi) is 2.20. The molecule has 0 aliphatic rings. The van der Waals surface area contributed by atoms with Crippen LogP contribution in [0.5, 0.6) is 0 Å². The molecule has 60 valence electrons. The Morgan fingerprint density at radius 1 is 1.27 bits per heavy atom. The molecule has 0 aliphatic heterocycles. The molecule has 0 atom stereocenters. The van der Waals surface area contributed by atoms with Gasteiger partial charge < -0.3 is 5.73 Å². The molecule has 0 heterocycles. The average molecular weight is 198 g/mol. The predicted molar refractivity (Wildman–Crippen MR) is 40.8 cm³/mol. The summed E-state index contributed by atoms with van der Waals surface area (Å²) < 4.78 is 25.2. The van der Waals surface area contributed by atoms with Gasteiger partial charge in [0, 0.05) is 0 Å². The van der Waals surface area contributed by atoms with E-state index in [9.17, 15) is 8.78 Å². The van der Waals surface area contributed by atoms with Crippen LogP contribution in [0.25, 0.3) is 0 Å². The third kappa shape index (κ3) is 1.39. The molecule has 0 unspecified atom stereocenters. The molecule has 0 saturated carbocycles. The molecule has 1 aromatic rings. The van der Waals surface area contributed by atoms with Crippen molar-refractivity contribution in [3.8, 4) is 0 Å².